The summed E-state index contributed by atoms with van der Waals surface area (Å²) in [5.74, 6) is 0. The average molecular weight is 194 g/mol. The van der Waals surface area contributed by atoms with E-state index >= 15 is 0 Å². The van der Waals surface area contributed by atoms with Gasteiger partial charge in [0.05, 0.1) is 6.61 Å². The summed E-state index contributed by atoms with van der Waals surface area (Å²) < 4.78 is 5.06. The summed E-state index contributed by atoms with van der Waals surface area (Å²) in [6, 6.07) is 7.88. The van der Waals surface area contributed by atoms with E-state index in [-0.39, 0.29) is 0 Å². The van der Waals surface area contributed by atoms with Crippen LogP contribution in [0.2, 0.25) is 0 Å². The van der Waals surface area contributed by atoms with Crippen LogP contribution in [0.3, 0.4) is 0 Å². The van der Waals surface area contributed by atoms with E-state index in [1.807, 2.05) is 38.1 Å². The third-order valence-corrected chi connectivity index (χ3v) is 2.61. The molecule has 78 valence electrons. The summed E-state index contributed by atoms with van der Waals surface area (Å²) in [4.78, 5) is 0. The molecule has 0 aliphatic rings. The van der Waals surface area contributed by atoms with Crippen molar-refractivity contribution in [3.05, 3.63) is 35.4 Å². The van der Waals surface area contributed by atoms with Crippen molar-refractivity contribution in [1.82, 2.24) is 0 Å². The number of aryl methyl sites for hydroxylation is 1. The molecule has 1 unspecified atom stereocenters. The topological polar surface area (TPSA) is 29.5 Å². The SMILES string of the molecule is CCC(O)(COC)c1ccccc1C. The van der Waals surface area contributed by atoms with Gasteiger partial charge >= 0.3 is 0 Å². The van der Waals surface area contributed by atoms with Crippen LogP contribution in [-0.2, 0) is 10.3 Å². The van der Waals surface area contributed by atoms with Gasteiger partial charge in [0.15, 0.2) is 0 Å². The highest BCUT2D eigenvalue weighted by Gasteiger charge is 2.28. The molecule has 1 rings (SSSR count). The Bertz CT molecular complexity index is 296. The minimum Gasteiger partial charge on any atom is -0.383 e. The van der Waals surface area contributed by atoms with E-state index in [2.05, 4.69) is 0 Å². The normalized spacial score (nSPS) is 15.1. The summed E-state index contributed by atoms with van der Waals surface area (Å²) in [5.41, 5.74) is 1.22. The second-order valence-corrected chi connectivity index (χ2v) is 3.63. The molecule has 0 saturated heterocycles. The molecule has 0 amide bonds. The van der Waals surface area contributed by atoms with Gasteiger partial charge in [-0.2, -0.15) is 0 Å². The number of rotatable bonds is 4. The van der Waals surface area contributed by atoms with Crippen molar-refractivity contribution in [2.45, 2.75) is 25.9 Å². The summed E-state index contributed by atoms with van der Waals surface area (Å²) >= 11 is 0. The van der Waals surface area contributed by atoms with Crippen molar-refractivity contribution < 1.29 is 9.84 Å². The minimum atomic E-state index is -0.847. The Labute approximate surface area is 85.5 Å². The van der Waals surface area contributed by atoms with Gasteiger partial charge in [-0.1, -0.05) is 31.2 Å². The molecule has 0 heterocycles. The van der Waals surface area contributed by atoms with Crippen LogP contribution in [0.25, 0.3) is 0 Å². The molecule has 1 aromatic rings. The lowest BCUT2D eigenvalue weighted by Crippen LogP contribution is -2.31. The summed E-state index contributed by atoms with van der Waals surface area (Å²) in [7, 11) is 1.61. The Morgan fingerprint density at radius 3 is 2.50 bits per heavy atom. The van der Waals surface area contributed by atoms with Crippen molar-refractivity contribution in [3.8, 4) is 0 Å². The maximum Gasteiger partial charge on any atom is 0.113 e. The standard InChI is InChI=1S/C12H18O2/c1-4-12(13,9-14-3)11-8-6-5-7-10(11)2/h5-8,13H,4,9H2,1-3H3. The fourth-order valence-electron chi connectivity index (χ4n) is 1.70. The van der Waals surface area contributed by atoms with Gasteiger partial charge in [-0.25, -0.2) is 0 Å². The first-order chi connectivity index (χ1) is 6.64. The van der Waals surface area contributed by atoms with Crippen molar-refractivity contribution >= 4 is 0 Å². The van der Waals surface area contributed by atoms with Gasteiger partial charge in [-0.15, -0.1) is 0 Å². The predicted octanol–water partition coefficient (Wildman–Crippen LogP) is 2.24. The minimum absolute atomic E-state index is 0.342. The first-order valence-corrected chi connectivity index (χ1v) is 4.91. The highest BCUT2D eigenvalue weighted by molar-refractivity contribution is 5.31. The largest absolute Gasteiger partial charge is 0.383 e. The third kappa shape index (κ3) is 2.14. The summed E-state index contributed by atoms with van der Waals surface area (Å²) in [6.45, 7) is 4.31. The van der Waals surface area contributed by atoms with Crippen LogP contribution >= 0.6 is 0 Å². The Morgan fingerprint density at radius 1 is 1.36 bits per heavy atom. The van der Waals surface area contributed by atoms with Gasteiger partial charge in [-0.05, 0) is 24.5 Å². The second-order valence-electron chi connectivity index (χ2n) is 3.63. The third-order valence-electron chi connectivity index (χ3n) is 2.61. The molecule has 2 nitrogen and oxygen atoms in total. The summed E-state index contributed by atoms with van der Waals surface area (Å²) in [5, 5.41) is 10.3. The number of hydrogen-bond acceptors (Lipinski definition) is 2. The van der Waals surface area contributed by atoms with Crippen LogP contribution in [0.15, 0.2) is 24.3 Å². The number of methoxy groups -OCH3 is 1. The van der Waals surface area contributed by atoms with E-state index < -0.39 is 5.60 Å². The van der Waals surface area contributed by atoms with Crippen molar-refractivity contribution in [3.63, 3.8) is 0 Å². The Hall–Kier alpha value is -0.860. The van der Waals surface area contributed by atoms with Gasteiger partial charge in [0, 0.05) is 7.11 Å². The molecule has 0 aliphatic carbocycles. The van der Waals surface area contributed by atoms with Gasteiger partial charge in [0.2, 0.25) is 0 Å². The average Bonchev–Trinajstić information content (AvgIpc) is 2.18. The fourth-order valence-corrected chi connectivity index (χ4v) is 1.70. The lowest BCUT2D eigenvalue weighted by molar-refractivity contribution is -0.0390. The zero-order valence-electron chi connectivity index (χ0n) is 9.08. The molecule has 0 bridgehead atoms. The highest BCUT2D eigenvalue weighted by Crippen LogP contribution is 2.27. The first kappa shape index (κ1) is 11.2. The molecular formula is C12H18O2. The zero-order valence-corrected chi connectivity index (χ0v) is 9.08. The molecule has 1 atom stereocenters. The molecule has 0 aliphatic heterocycles. The molecule has 1 aromatic carbocycles. The van der Waals surface area contributed by atoms with E-state index in [4.69, 9.17) is 4.74 Å². The molecule has 2 heteroatoms. The number of ether oxygens (including phenoxy) is 1. The second kappa shape index (κ2) is 4.58. The highest BCUT2D eigenvalue weighted by atomic mass is 16.5. The van der Waals surface area contributed by atoms with E-state index in [0.717, 1.165) is 11.1 Å². The fraction of sp³-hybridized carbons (Fsp3) is 0.500. The molecule has 0 saturated carbocycles. The molecule has 0 radical (unpaired) electrons. The van der Waals surface area contributed by atoms with Crippen LogP contribution in [0.1, 0.15) is 24.5 Å². The van der Waals surface area contributed by atoms with E-state index in [0.29, 0.717) is 13.0 Å². The molecule has 14 heavy (non-hydrogen) atoms. The van der Waals surface area contributed by atoms with Gasteiger partial charge in [0.1, 0.15) is 5.60 Å². The number of hydrogen-bond donors (Lipinski definition) is 1. The smallest absolute Gasteiger partial charge is 0.113 e. The van der Waals surface area contributed by atoms with Gasteiger partial charge in [-0.3, -0.25) is 0 Å². The number of benzene rings is 1. The van der Waals surface area contributed by atoms with Crippen LogP contribution < -0.4 is 0 Å². The van der Waals surface area contributed by atoms with Crippen LogP contribution in [0.5, 0.6) is 0 Å². The first-order valence-electron chi connectivity index (χ1n) is 4.91. The Kier molecular flexibility index (Phi) is 3.67. The van der Waals surface area contributed by atoms with Crippen molar-refractivity contribution in [2.24, 2.45) is 0 Å². The lowest BCUT2D eigenvalue weighted by atomic mass is 9.89. The quantitative estimate of drug-likeness (QED) is 0.796. The monoisotopic (exact) mass is 194 g/mol. The van der Waals surface area contributed by atoms with E-state index in [1.54, 1.807) is 7.11 Å². The van der Waals surface area contributed by atoms with E-state index in [9.17, 15) is 5.11 Å². The Balaban J connectivity index is 3.05. The van der Waals surface area contributed by atoms with Crippen LogP contribution in [0, 0.1) is 6.92 Å². The number of aliphatic hydroxyl groups is 1. The molecule has 0 aromatic heterocycles. The van der Waals surface area contributed by atoms with Gasteiger partial charge < -0.3 is 9.84 Å². The lowest BCUT2D eigenvalue weighted by Gasteiger charge is -2.27. The van der Waals surface area contributed by atoms with Crippen LogP contribution in [0.4, 0.5) is 0 Å². The van der Waals surface area contributed by atoms with E-state index in [1.165, 1.54) is 0 Å². The molecule has 0 fully saturated rings. The Morgan fingerprint density at radius 2 is 2.00 bits per heavy atom. The maximum atomic E-state index is 10.3. The molecule has 0 spiro atoms. The molecule has 1 N–H and O–H groups in total. The van der Waals surface area contributed by atoms with Crippen LogP contribution in [-0.4, -0.2) is 18.8 Å². The maximum absolute atomic E-state index is 10.3. The predicted molar refractivity (Wildman–Crippen MR) is 57.2 cm³/mol. The van der Waals surface area contributed by atoms with Gasteiger partial charge in [0.25, 0.3) is 0 Å². The molecular weight excluding hydrogens is 176 g/mol. The summed E-state index contributed by atoms with van der Waals surface area (Å²) in [6.07, 6.45) is 0.658. The van der Waals surface area contributed by atoms with Crippen molar-refractivity contribution in [2.75, 3.05) is 13.7 Å². The van der Waals surface area contributed by atoms with Crippen molar-refractivity contribution in [1.29, 1.82) is 0 Å². The zero-order chi connectivity index (χ0) is 10.6.